The topological polar surface area (TPSA) is 33.4 Å². The fraction of sp³-hybridized carbons (Fsp3) is 0.231. The standard InChI is InChI=1S/C13H14O2/c1-10-5-3-6-11(9-10)13(2,14)12-7-4-8-15-12/h3-9,14H,1-2H3/t13-/m1/s1. The number of furan rings is 1. The van der Waals surface area contributed by atoms with E-state index in [2.05, 4.69) is 0 Å². The fourth-order valence-electron chi connectivity index (χ4n) is 1.65. The minimum atomic E-state index is -1.06. The molecule has 1 N–H and O–H groups in total. The van der Waals surface area contributed by atoms with E-state index < -0.39 is 5.60 Å². The summed E-state index contributed by atoms with van der Waals surface area (Å²) in [5.41, 5.74) is 0.909. The van der Waals surface area contributed by atoms with Crippen molar-refractivity contribution >= 4 is 0 Å². The van der Waals surface area contributed by atoms with Crippen molar-refractivity contribution in [2.24, 2.45) is 0 Å². The van der Waals surface area contributed by atoms with Crippen molar-refractivity contribution in [1.29, 1.82) is 0 Å². The van der Waals surface area contributed by atoms with Gasteiger partial charge in [-0.3, -0.25) is 0 Å². The lowest BCUT2D eigenvalue weighted by atomic mass is 9.92. The third-order valence-corrected chi connectivity index (χ3v) is 2.58. The summed E-state index contributed by atoms with van der Waals surface area (Å²) in [6, 6.07) is 11.4. The van der Waals surface area contributed by atoms with Crippen LogP contribution in [0, 0.1) is 6.92 Å². The van der Waals surface area contributed by atoms with Crippen LogP contribution < -0.4 is 0 Å². The van der Waals surface area contributed by atoms with Gasteiger partial charge in [0, 0.05) is 0 Å². The smallest absolute Gasteiger partial charge is 0.144 e. The molecule has 0 aliphatic rings. The summed E-state index contributed by atoms with van der Waals surface area (Å²) in [5.74, 6) is 0.563. The second kappa shape index (κ2) is 3.55. The lowest BCUT2D eigenvalue weighted by Gasteiger charge is -2.21. The van der Waals surface area contributed by atoms with Gasteiger partial charge in [0.15, 0.2) is 0 Å². The van der Waals surface area contributed by atoms with Crippen LogP contribution in [-0.4, -0.2) is 5.11 Å². The molecule has 0 fully saturated rings. The maximum Gasteiger partial charge on any atom is 0.144 e. The Labute approximate surface area is 89.2 Å². The van der Waals surface area contributed by atoms with E-state index in [-0.39, 0.29) is 0 Å². The van der Waals surface area contributed by atoms with Crippen LogP contribution in [0.5, 0.6) is 0 Å². The van der Waals surface area contributed by atoms with Gasteiger partial charge in [0.25, 0.3) is 0 Å². The van der Waals surface area contributed by atoms with E-state index in [9.17, 15) is 5.11 Å². The maximum atomic E-state index is 10.4. The van der Waals surface area contributed by atoms with E-state index in [0.29, 0.717) is 5.76 Å². The summed E-state index contributed by atoms with van der Waals surface area (Å²) in [6.45, 7) is 3.74. The fourth-order valence-corrected chi connectivity index (χ4v) is 1.65. The molecule has 0 aliphatic carbocycles. The summed E-state index contributed by atoms with van der Waals surface area (Å²) in [7, 11) is 0. The Kier molecular flexibility index (Phi) is 2.37. The molecule has 0 bridgehead atoms. The zero-order valence-electron chi connectivity index (χ0n) is 8.90. The van der Waals surface area contributed by atoms with Gasteiger partial charge in [-0.15, -0.1) is 0 Å². The van der Waals surface area contributed by atoms with Gasteiger partial charge >= 0.3 is 0 Å². The molecular weight excluding hydrogens is 188 g/mol. The highest BCUT2D eigenvalue weighted by Crippen LogP contribution is 2.29. The Balaban J connectivity index is 2.46. The van der Waals surface area contributed by atoms with E-state index in [1.807, 2.05) is 31.2 Å². The predicted molar refractivity (Wildman–Crippen MR) is 58.6 cm³/mol. The van der Waals surface area contributed by atoms with Crippen LogP contribution in [0.2, 0.25) is 0 Å². The Hall–Kier alpha value is -1.54. The number of aryl methyl sites for hydroxylation is 1. The van der Waals surface area contributed by atoms with E-state index in [0.717, 1.165) is 11.1 Å². The van der Waals surface area contributed by atoms with Crippen molar-refractivity contribution in [3.05, 3.63) is 59.5 Å². The van der Waals surface area contributed by atoms with Gasteiger partial charge in [-0.25, -0.2) is 0 Å². The third kappa shape index (κ3) is 1.81. The predicted octanol–water partition coefficient (Wildman–Crippen LogP) is 2.84. The van der Waals surface area contributed by atoms with Crippen molar-refractivity contribution in [3.8, 4) is 0 Å². The molecule has 78 valence electrons. The molecule has 1 atom stereocenters. The first-order valence-electron chi connectivity index (χ1n) is 4.94. The molecule has 15 heavy (non-hydrogen) atoms. The molecule has 2 rings (SSSR count). The van der Waals surface area contributed by atoms with E-state index in [4.69, 9.17) is 4.42 Å². The molecule has 1 heterocycles. The first kappa shape index (κ1) is 9.99. The van der Waals surface area contributed by atoms with Crippen molar-refractivity contribution in [1.82, 2.24) is 0 Å². The summed E-state index contributed by atoms with van der Waals surface area (Å²) in [5, 5.41) is 10.4. The zero-order chi connectivity index (χ0) is 10.9. The summed E-state index contributed by atoms with van der Waals surface area (Å²) in [4.78, 5) is 0. The highest BCUT2D eigenvalue weighted by atomic mass is 16.4. The molecule has 2 aromatic rings. The SMILES string of the molecule is Cc1cccc([C@@](C)(O)c2ccco2)c1. The minimum Gasteiger partial charge on any atom is -0.466 e. The lowest BCUT2D eigenvalue weighted by Crippen LogP contribution is -2.21. The summed E-state index contributed by atoms with van der Waals surface area (Å²) < 4.78 is 5.24. The molecule has 0 amide bonds. The molecule has 2 nitrogen and oxygen atoms in total. The lowest BCUT2D eigenvalue weighted by molar-refractivity contribution is 0.0767. The quantitative estimate of drug-likeness (QED) is 0.812. The Morgan fingerprint density at radius 1 is 1.20 bits per heavy atom. The molecule has 0 saturated heterocycles. The van der Waals surface area contributed by atoms with Crippen molar-refractivity contribution < 1.29 is 9.52 Å². The number of hydrogen-bond acceptors (Lipinski definition) is 2. The first-order chi connectivity index (χ1) is 7.10. The van der Waals surface area contributed by atoms with Gasteiger partial charge < -0.3 is 9.52 Å². The highest BCUT2D eigenvalue weighted by Gasteiger charge is 2.28. The molecule has 1 aromatic carbocycles. The number of aliphatic hydroxyl groups is 1. The van der Waals surface area contributed by atoms with Crippen molar-refractivity contribution in [2.75, 3.05) is 0 Å². The Bertz CT molecular complexity index is 441. The normalized spacial score (nSPS) is 14.9. The largest absolute Gasteiger partial charge is 0.466 e. The van der Waals surface area contributed by atoms with Gasteiger partial charge in [-0.05, 0) is 31.5 Å². The highest BCUT2D eigenvalue weighted by molar-refractivity contribution is 5.32. The van der Waals surface area contributed by atoms with Crippen LogP contribution in [0.4, 0.5) is 0 Å². The monoisotopic (exact) mass is 202 g/mol. The molecule has 0 saturated carbocycles. The number of benzene rings is 1. The Morgan fingerprint density at radius 2 is 2.00 bits per heavy atom. The van der Waals surface area contributed by atoms with Gasteiger partial charge in [0.2, 0.25) is 0 Å². The average Bonchev–Trinajstić information content (AvgIpc) is 2.71. The van der Waals surface area contributed by atoms with Crippen LogP contribution in [0.3, 0.4) is 0 Å². The molecule has 1 aromatic heterocycles. The molecule has 0 unspecified atom stereocenters. The molecular formula is C13H14O2. The molecule has 0 radical (unpaired) electrons. The third-order valence-electron chi connectivity index (χ3n) is 2.58. The summed E-state index contributed by atoms with van der Waals surface area (Å²) in [6.07, 6.45) is 1.57. The van der Waals surface area contributed by atoms with Gasteiger partial charge in [-0.1, -0.05) is 29.8 Å². The van der Waals surface area contributed by atoms with Crippen molar-refractivity contribution in [2.45, 2.75) is 19.4 Å². The van der Waals surface area contributed by atoms with Crippen LogP contribution in [-0.2, 0) is 5.60 Å². The Morgan fingerprint density at radius 3 is 2.60 bits per heavy atom. The molecule has 0 aliphatic heterocycles. The van der Waals surface area contributed by atoms with Crippen molar-refractivity contribution in [3.63, 3.8) is 0 Å². The average molecular weight is 202 g/mol. The second-order valence-corrected chi connectivity index (χ2v) is 3.92. The number of rotatable bonds is 2. The molecule has 2 heteroatoms. The number of hydrogen-bond donors (Lipinski definition) is 1. The first-order valence-corrected chi connectivity index (χ1v) is 4.94. The van der Waals surface area contributed by atoms with Crippen LogP contribution in [0.15, 0.2) is 47.1 Å². The zero-order valence-corrected chi connectivity index (χ0v) is 8.90. The van der Waals surface area contributed by atoms with Gasteiger partial charge in [0.05, 0.1) is 6.26 Å². The second-order valence-electron chi connectivity index (χ2n) is 3.92. The maximum absolute atomic E-state index is 10.4. The van der Waals surface area contributed by atoms with E-state index in [1.165, 1.54) is 0 Å². The van der Waals surface area contributed by atoms with Gasteiger partial charge in [-0.2, -0.15) is 0 Å². The van der Waals surface area contributed by atoms with Crippen LogP contribution >= 0.6 is 0 Å². The van der Waals surface area contributed by atoms with E-state index >= 15 is 0 Å². The van der Waals surface area contributed by atoms with Crippen LogP contribution in [0.1, 0.15) is 23.8 Å². The van der Waals surface area contributed by atoms with Crippen LogP contribution in [0.25, 0.3) is 0 Å². The minimum absolute atomic E-state index is 0.563. The van der Waals surface area contributed by atoms with E-state index in [1.54, 1.807) is 25.3 Å². The summed E-state index contributed by atoms with van der Waals surface area (Å²) >= 11 is 0. The molecule has 0 spiro atoms. The van der Waals surface area contributed by atoms with Gasteiger partial charge in [0.1, 0.15) is 11.4 Å².